The van der Waals surface area contributed by atoms with E-state index >= 15 is 0 Å². The topological polar surface area (TPSA) is 166 Å². The van der Waals surface area contributed by atoms with Crippen LogP contribution in [0.5, 0.6) is 11.5 Å². The molecule has 1 aromatic carbocycles. The molecule has 3 aromatic heterocycles. The highest BCUT2D eigenvalue weighted by atomic mass is 127. The number of nitrogens with one attached hydrogen (secondary N) is 2. The number of anilines is 1. The highest BCUT2D eigenvalue weighted by molar-refractivity contribution is 14.1. The molecule has 2 aliphatic heterocycles. The highest BCUT2D eigenvalue weighted by Crippen LogP contribution is 2.41. The Kier molecular flexibility index (Phi) is 9.23. The van der Waals surface area contributed by atoms with Crippen LogP contribution in [0.15, 0.2) is 34.7 Å². The second-order valence-electron chi connectivity index (χ2n) is 11.2. The van der Waals surface area contributed by atoms with Gasteiger partial charge in [-0.05, 0) is 61.5 Å². The Morgan fingerprint density at radius 1 is 1.18 bits per heavy atom. The summed E-state index contributed by atoms with van der Waals surface area (Å²) in [5, 5.41) is 3.91. The van der Waals surface area contributed by atoms with E-state index in [1.54, 1.807) is 13.1 Å². The van der Waals surface area contributed by atoms with Gasteiger partial charge in [-0.25, -0.2) is 19.9 Å². The summed E-state index contributed by atoms with van der Waals surface area (Å²) < 4.78 is 14.1. The smallest absolute Gasteiger partial charge is 0.231 e. The van der Waals surface area contributed by atoms with Crippen molar-refractivity contribution in [1.29, 1.82) is 0 Å². The van der Waals surface area contributed by atoms with Crippen LogP contribution in [-0.4, -0.2) is 73.0 Å². The Labute approximate surface area is 272 Å². The highest BCUT2D eigenvalue weighted by Gasteiger charge is 2.32. The van der Waals surface area contributed by atoms with Crippen molar-refractivity contribution in [3.8, 4) is 11.5 Å². The van der Waals surface area contributed by atoms with Crippen molar-refractivity contribution in [2.24, 2.45) is 5.92 Å². The maximum absolute atomic E-state index is 13.0. The third-order valence-corrected chi connectivity index (χ3v) is 10.0. The number of ketones is 1. The van der Waals surface area contributed by atoms with E-state index in [2.05, 4.69) is 47.8 Å². The first-order chi connectivity index (χ1) is 21.2. The number of halogens is 1. The number of fused-ring (bicyclic) bond motifs is 2. The molecule has 15 heteroatoms. The van der Waals surface area contributed by atoms with Gasteiger partial charge in [-0.2, -0.15) is 0 Å². The molecule has 1 atom stereocenters. The number of carbonyl (C=O) groups is 2. The molecule has 4 aromatic rings. The number of ether oxygens (including phenoxy) is 2. The number of Topliss-reactive ketones (excluding diaryl/α,β-unsaturated/α-hetero) is 1. The Morgan fingerprint density at radius 3 is 2.75 bits per heavy atom. The van der Waals surface area contributed by atoms with Crippen molar-refractivity contribution in [1.82, 2.24) is 39.7 Å². The molecule has 232 valence electrons. The van der Waals surface area contributed by atoms with Gasteiger partial charge in [0.05, 0.1) is 30.4 Å². The van der Waals surface area contributed by atoms with Crippen LogP contribution >= 0.6 is 34.4 Å². The van der Waals surface area contributed by atoms with E-state index in [0.717, 1.165) is 58.7 Å². The van der Waals surface area contributed by atoms with E-state index in [-0.39, 0.29) is 30.4 Å². The van der Waals surface area contributed by atoms with Crippen molar-refractivity contribution in [2.75, 3.05) is 32.7 Å². The molecule has 1 amide bonds. The number of amides is 1. The number of benzene rings is 1. The molecule has 0 aliphatic carbocycles. The first-order valence-corrected chi connectivity index (χ1v) is 16.4. The van der Waals surface area contributed by atoms with E-state index in [1.807, 2.05) is 23.7 Å². The second kappa shape index (κ2) is 13.3. The molecule has 1 unspecified atom stereocenters. The zero-order valence-electron chi connectivity index (χ0n) is 24.5. The molecular formula is C29H34IN9O4S. The maximum Gasteiger partial charge on any atom is 0.231 e. The molecule has 2 aliphatic rings. The first kappa shape index (κ1) is 30.6. The third kappa shape index (κ3) is 6.78. The number of rotatable bonds is 13. The number of aromatic nitrogens is 6. The third-order valence-electron chi connectivity index (χ3n) is 7.73. The van der Waals surface area contributed by atoms with Crippen LogP contribution in [-0.2, 0) is 16.1 Å². The molecule has 44 heavy (non-hydrogen) atoms. The van der Waals surface area contributed by atoms with Gasteiger partial charge in [-0.15, -0.1) is 0 Å². The quantitative estimate of drug-likeness (QED) is 0.135. The van der Waals surface area contributed by atoms with Crippen LogP contribution in [0, 0.1) is 9.49 Å². The minimum absolute atomic E-state index is 0.0179. The Morgan fingerprint density at radius 2 is 1.98 bits per heavy atom. The van der Waals surface area contributed by atoms with Gasteiger partial charge < -0.3 is 35.2 Å². The number of hydrogen-bond acceptors (Lipinski definition) is 11. The van der Waals surface area contributed by atoms with Gasteiger partial charge in [0.15, 0.2) is 33.6 Å². The van der Waals surface area contributed by atoms with Crippen LogP contribution in [0.3, 0.4) is 0 Å². The number of hydrogen-bond donors (Lipinski definition) is 3. The number of aromatic amines is 1. The maximum atomic E-state index is 13.0. The van der Waals surface area contributed by atoms with Crippen molar-refractivity contribution >= 4 is 63.0 Å². The summed E-state index contributed by atoms with van der Waals surface area (Å²) >= 11 is 3.75. The second-order valence-corrected chi connectivity index (χ2v) is 13.4. The SMILES string of the molecule is CC(=O)CCCCCC(NC(=O)C1CN(C)C1)c1ncc(Cn2c(Sc3cc4c(cc3I)OCO4)nc3c(N)ncnc32)[nH]1. The fraction of sp³-hybridized carbons (Fsp3) is 0.448. The number of nitrogens with two attached hydrogens (primary N) is 1. The van der Waals surface area contributed by atoms with Gasteiger partial charge >= 0.3 is 0 Å². The Bertz CT molecular complexity index is 1690. The monoisotopic (exact) mass is 731 g/mol. The lowest BCUT2D eigenvalue weighted by atomic mass is 9.99. The number of H-pyrrole nitrogens is 1. The van der Waals surface area contributed by atoms with Gasteiger partial charge in [0, 0.05) is 28.0 Å². The summed E-state index contributed by atoms with van der Waals surface area (Å²) in [5.41, 5.74) is 8.16. The number of carbonyl (C=O) groups excluding carboxylic acids is 2. The summed E-state index contributed by atoms with van der Waals surface area (Å²) in [7, 11) is 2.01. The van der Waals surface area contributed by atoms with E-state index in [1.165, 1.54) is 18.1 Å². The van der Waals surface area contributed by atoms with Crippen LogP contribution in [0.25, 0.3) is 11.2 Å². The van der Waals surface area contributed by atoms with E-state index < -0.39 is 0 Å². The zero-order valence-corrected chi connectivity index (χ0v) is 27.5. The predicted octanol–water partition coefficient (Wildman–Crippen LogP) is 3.92. The van der Waals surface area contributed by atoms with Gasteiger partial charge in [0.2, 0.25) is 12.7 Å². The lowest BCUT2D eigenvalue weighted by molar-refractivity contribution is -0.130. The van der Waals surface area contributed by atoms with E-state index in [4.69, 9.17) is 25.2 Å². The predicted molar refractivity (Wildman–Crippen MR) is 172 cm³/mol. The van der Waals surface area contributed by atoms with Crippen LogP contribution in [0.2, 0.25) is 0 Å². The fourth-order valence-corrected chi connectivity index (χ4v) is 7.05. The standard InChI is InChI=1S/C29H34IN9O4S/c1-16(40)6-4-3-5-7-20(36-28(41)17-11-38(2)12-17)26-32-10-18(35-26)13-39-27-24(25(31)33-14-34-27)37-29(39)44-23-9-22-21(8-19(23)30)42-15-43-22/h8-10,14,17,20H,3-7,11-13,15H2,1-2H3,(H,32,35)(H,36,41)(H2,31,33,34). The normalized spacial score (nSPS) is 15.4. The molecule has 6 rings (SSSR count). The van der Waals surface area contributed by atoms with Crippen LogP contribution in [0.4, 0.5) is 5.82 Å². The summed E-state index contributed by atoms with van der Waals surface area (Å²) in [4.78, 5) is 49.1. The van der Waals surface area contributed by atoms with Crippen molar-refractivity contribution in [3.05, 3.63) is 39.7 Å². The molecule has 13 nitrogen and oxygen atoms in total. The summed E-state index contributed by atoms with van der Waals surface area (Å²) in [6.07, 6.45) is 7.14. The molecular weight excluding hydrogens is 697 g/mol. The molecule has 1 saturated heterocycles. The number of unbranched alkanes of at least 4 members (excludes halogenated alkanes) is 2. The molecule has 5 heterocycles. The van der Waals surface area contributed by atoms with Crippen LogP contribution < -0.4 is 20.5 Å². The molecule has 0 bridgehead atoms. The zero-order chi connectivity index (χ0) is 30.8. The number of imidazole rings is 2. The van der Waals surface area contributed by atoms with Gasteiger partial charge in [0.1, 0.15) is 17.9 Å². The minimum atomic E-state index is -0.263. The average Bonchev–Trinajstić information content (AvgIpc) is 3.71. The lowest BCUT2D eigenvalue weighted by Crippen LogP contribution is -2.52. The number of nitrogen functional groups attached to an aromatic ring is 1. The minimum Gasteiger partial charge on any atom is -0.454 e. The average molecular weight is 732 g/mol. The van der Waals surface area contributed by atoms with E-state index in [9.17, 15) is 9.59 Å². The van der Waals surface area contributed by atoms with Crippen LogP contribution in [0.1, 0.15) is 56.6 Å². The first-order valence-electron chi connectivity index (χ1n) is 14.5. The summed E-state index contributed by atoms with van der Waals surface area (Å²) in [6, 6.07) is 3.63. The lowest BCUT2D eigenvalue weighted by Gasteiger charge is -2.35. The van der Waals surface area contributed by atoms with Gasteiger partial charge in [-0.1, -0.05) is 24.6 Å². The Hall–Kier alpha value is -3.44. The molecule has 0 radical (unpaired) electrons. The van der Waals surface area contributed by atoms with Gasteiger partial charge in [0.25, 0.3) is 0 Å². The van der Waals surface area contributed by atoms with Gasteiger partial charge in [-0.3, -0.25) is 9.36 Å². The van der Waals surface area contributed by atoms with Crippen molar-refractivity contribution < 1.29 is 19.1 Å². The summed E-state index contributed by atoms with van der Waals surface area (Å²) in [6.45, 7) is 3.72. The molecule has 0 spiro atoms. The Balaban J connectivity index is 1.24. The number of likely N-dealkylation sites (tertiary alicyclic amines) is 1. The number of nitrogens with zero attached hydrogens (tertiary/aromatic N) is 6. The molecule has 4 N–H and O–H groups in total. The molecule has 1 fully saturated rings. The van der Waals surface area contributed by atoms with Crippen molar-refractivity contribution in [2.45, 2.75) is 61.7 Å². The van der Waals surface area contributed by atoms with Crippen molar-refractivity contribution in [3.63, 3.8) is 0 Å². The summed E-state index contributed by atoms with van der Waals surface area (Å²) in [5.74, 6) is 2.63. The molecule has 0 saturated carbocycles. The largest absolute Gasteiger partial charge is 0.454 e. The van der Waals surface area contributed by atoms with E-state index in [0.29, 0.717) is 46.7 Å². The fourth-order valence-electron chi connectivity index (χ4n) is 5.36.